The number of aromatic nitrogens is 4. The van der Waals surface area contributed by atoms with Crippen LogP contribution in [0.1, 0.15) is 0 Å². The van der Waals surface area contributed by atoms with Crippen molar-refractivity contribution in [2.45, 2.75) is 4.90 Å². The van der Waals surface area contributed by atoms with E-state index >= 15 is 0 Å². The van der Waals surface area contributed by atoms with Gasteiger partial charge in [0, 0.05) is 23.8 Å². The maximum absolute atomic E-state index is 12.6. The van der Waals surface area contributed by atoms with Crippen molar-refractivity contribution in [1.29, 1.82) is 0 Å². The van der Waals surface area contributed by atoms with Crippen LogP contribution in [-0.2, 0) is 10.0 Å². The summed E-state index contributed by atoms with van der Waals surface area (Å²) in [6.45, 7) is 0. The first-order valence-corrected chi connectivity index (χ1v) is 9.04. The van der Waals surface area contributed by atoms with Crippen molar-refractivity contribution >= 4 is 38.2 Å². The SMILES string of the molecule is O=S(=O)(Nc1cc(-c2cccs2)[nH]n1)c1c[nH]c2ncccc12. The predicted octanol–water partition coefficient (Wildman–Crippen LogP) is 2.82. The number of nitrogens with one attached hydrogen (secondary N) is 3. The van der Waals surface area contributed by atoms with Crippen LogP contribution in [0, 0.1) is 0 Å². The molecule has 0 radical (unpaired) electrons. The topological polar surface area (TPSA) is 104 Å². The Bertz CT molecular complexity index is 1060. The maximum atomic E-state index is 12.6. The van der Waals surface area contributed by atoms with Crippen LogP contribution in [0.3, 0.4) is 0 Å². The molecular formula is C14H11N5O2S2. The standard InChI is InChI=1S/C14H11N5O2S2/c20-23(21,12-8-16-14-9(12)3-1-5-15-14)19-13-7-10(17-18-13)11-4-2-6-22-11/h1-8H,(H,15,16)(H2,17,18,19). The van der Waals surface area contributed by atoms with E-state index in [0.717, 1.165) is 10.6 Å². The first-order valence-electron chi connectivity index (χ1n) is 6.68. The minimum atomic E-state index is -3.75. The lowest BCUT2D eigenvalue weighted by Gasteiger charge is -2.03. The molecule has 0 bridgehead atoms. The van der Waals surface area contributed by atoms with Crippen LogP contribution in [-0.4, -0.2) is 28.6 Å². The zero-order chi connectivity index (χ0) is 15.9. The summed E-state index contributed by atoms with van der Waals surface area (Å²) < 4.78 is 27.6. The second-order valence-electron chi connectivity index (χ2n) is 4.80. The summed E-state index contributed by atoms with van der Waals surface area (Å²) in [5.74, 6) is 0.242. The average molecular weight is 345 g/mol. The molecule has 9 heteroatoms. The van der Waals surface area contributed by atoms with Gasteiger partial charge < -0.3 is 4.98 Å². The maximum Gasteiger partial charge on any atom is 0.265 e. The largest absolute Gasteiger partial charge is 0.345 e. The van der Waals surface area contributed by atoms with Crippen LogP contribution in [0.15, 0.2) is 53.0 Å². The Balaban J connectivity index is 1.68. The van der Waals surface area contributed by atoms with Gasteiger partial charge in [-0.25, -0.2) is 13.4 Å². The van der Waals surface area contributed by atoms with Crippen LogP contribution in [0.5, 0.6) is 0 Å². The van der Waals surface area contributed by atoms with Crippen molar-refractivity contribution in [3.05, 3.63) is 48.1 Å². The van der Waals surface area contributed by atoms with E-state index in [4.69, 9.17) is 0 Å². The highest BCUT2D eigenvalue weighted by Gasteiger charge is 2.20. The molecular weight excluding hydrogens is 334 g/mol. The van der Waals surface area contributed by atoms with Crippen LogP contribution < -0.4 is 4.72 Å². The van der Waals surface area contributed by atoms with Crippen LogP contribution in [0.2, 0.25) is 0 Å². The lowest BCUT2D eigenvalue weighted by Crippen LogP contribution is -2.12. The van der Waals surface area contributed by atoms with Gasteiger partial charge in [-0.2, -0.15) is 5.10 Å². The summed E-state index contributed by atoms with van der Waals surface area (Å²) >= 11 is 1.55. The van der Waals surface area contributed by atoms with E-state index in [-0.39, 0.29) is 10.7 Å². The van der Waals surface area contributed by atoms with Gasteiger partial charge in [0.25, 0.3) is 10.0 Å². The van der Waals surface area contributed by atoms with E-state index in [2.05, 4.69) is 24.9 Å². The Morgan fingerprint density at radius 2 is 2.13 bits per heavy atom. The molecule has 7 nitrogen and oxygen atoms in total. The van der Waals surface area contributed by atoms with Gasteiger partial charge in [-0.3, -0.25) is 9.82 Å². The molecule has 0 amide bonds. The Morgan fingerprint density at radius 3 is 2.96 bits per heavy atom. The van der Waals surface area contributed by atoms with Gasteiger partial charge in [-0.05, 0) is 23.6 Å². The molecule has 0 aliphatic carbocycles. The lowest BCUT2D eigenvalue weighted by atomic mass is 10.3. The molecule has 0 fully saturated rings. The molecule has 0 spiro atoms. The fraction of sp³-hybridized carbons (Fsp3) is 0. The van der Waals surface area contributed by atoms with Crippen molar-refractivity contribution in [2.75, 3.05) is 4.72 Å². The molecule has 4 aromatic heterocycles. The number of sulfonamides is 1. The summed E-state index contributed by atoms with van der Waals surface area (Å²) in [7, 11) is -3.75. The van der Waals surface area contributed by atoms with E-state index in [1.807, 2.05) is 17.5 Å². The summed E-state index contributed by atoms with van der Waals surface area (Å²) in [6.07, 6.45) is 3.02. The molecule has 4 rings (SSSR count). The number of fused-ring (bicyclic) bond motifs is 1. The van der Waals surface area contributed by atoms with Crippen molar-refractivity contribution < 1.29 is 8.42 Å². The molecule has 0 unspecified atom stereocenters. The lowest BCUT2D eigenvalue weighted by molar-refractivity contribution is 0.602. The van der Waals surface area contributed by atoms with Gasteiger partial charge in [0.15, 0.2) is 5.82 Å². The Kier molecular flexibility index (Phi) is 3.17. The quantitative estimate of drug-likeness (QED) is 0.529. The van der Waals surface area contributed by atoms with E-state index < -0.39 is 10.0 Å². The molecule has 23 heavy (non-hydrogen) atoms. The summed E-state index contributed by atoms with van der Waals surface area (Å²) in [5, 5.41) is 9.32. The molecule has 116 valence electrons. The number of pyridine rings is 1. The Morgan fingerprint density at radius 1 is 1.22 bits per heavy atom. The minimum Gasteiger partial charge on any atom is -0.345 e. The molecule has 0 aliphatic rings. The van der Waals surface area contributed by atoms with Gasteiger partial charge in [0.2, 0.25) is 0 Å². The Labute approximate surface area is 135 Å². The average Bonchev–Trinajstić information content (AvgIpc) is 3.26. The normalized spacial score (nSPS) is 11.8. The number of H-pyrrole nitrogens is 2. The fourth-order valence-corrected chi connectivity index (χ4v) is 4.13. The highest BCUT2D eigenvalue weighted by Crippen LogP contribution is 2.27. The van der Waals surface area contributed by atoms with Crippen molar-refractivity contribution in [3.8, 4) is 10.6 Å². The summed E-state index contributed by atoms with van der Waals surface area (Å²) in [4.78, 5) is 8.07. The molecule has 0 aromatic carbocycles. The van der Waals surface area contributed by atoms with E-state index in [0.29, 0.717) is 11.0 Å². The minimum absolute atomic E-state index is 0.140. The number of aromatic amines is 2. The molecule has 0 atom stereocenters. The van der Waals surface area contributed by atoms with E-state index in [1.165, 1.54) is 6.20 Å². The van der Waals surface area contributed by atoms with Crippen LogP contribution in [0.25, 0.3) is 21.6 Å². The molecule has 4 aromatic rings. The Hall–Kier alpha value is -2.65. The number of nitrogens with zero attached hydrogens (tertiary/aromatic N) is 2. The van der Waals surface area contributed by atoms with Crippen LogP contribution in [0.4, 0.5) is 5.82 Å². The van der Waals surface area contributed by atoms with Gasteiger partial charge in [-0.15, -0.1) is 11.3 Å². The smallest absolute Gasteiger partial charge is 0.265 e. The second-order valence-corrected chi connectivity index (χ2v) is 7.40. The molecule has 0 saturated carbocycles. The third-order valence-corrected chi connectivity index (χ3v) is 5.60. The molecule has 0 aliphatic heterocycles. The summed E-state index contributed by atoms with van der Waals surface area (Å²) in [6, 6.07) is 8.91. The number of hydrogen-bond acceptors (Lipinski definition) is 5. The predicted molar refractivity (Wildman–Crippen MR) is 88.8 cm³/mol. The van der Waals surface area contributed by atoms with Crippen LogP contribution >= 0.6 is 11.3 Å². The number of thiophene rings is 1. The first-order chi connectivity index (χ1) is 11.1. The zero-order valence-corrected chi connectivity index (χ0v) is 13.3. The zero-order valence-electron chi connectivity index (χ0n) is 11.6. The number of anilines is 1. The monoisotopic (exact) mass is 345 g/mol. The second kappa shape index (κ2) is 5.21. The fourth-order valence-electron chi connectivity index (χ4n) is 2.28. The highest BCUT2D eigenvalue weighted by molar-refractivity contribution is 7.93. The molecule has 3 N–H and O–H groups in total. The van der Waals surface area contributed by atoms with E-state index in [1.54, 1.807) is 35.7 Å². The number of hydrogen-bond donors (Lipinski definition) is 3. The highest BCUT2D eigenvalue weighted by atomic mass is 32.2. The third kappa shape index (κ3) is 2.49. The molecule has 0 saturated heterocycles. The van der Waals surface area contributed by atoms with Gasteiger partial charge in [0.1, 0.15) is 10.5 Å². The number of rotatable bonds is 4. The van der Waals surface area contributed by atoms with Crippen molar-refractivity contribution in [1.82, 2.24) is 20.2 Å². The molecule has 4 heterocycles. The van der Waals surface area contributed by atoms with Crippen molar-refractivity contribution in [3.63, 3.8) is 0 Å². The first kappa shape index (κ1) is 14.0. The van der Waals surface area contributed by atoms with E-state index in [9.17, 15) is 8.42 Å². The van der Waals surface area contributed by atoms with Gasteiger partial charge in [0.05, 0.1) is 10.6 Å². The van der Waals surface area contributed by atoms with Gasteiger partial charge in [-0.1, -0.05) is 6.07 Å². The third-order valence-electron chi connectivity index (χ3n) is 3.31. The summed E-state index contributed by atoms with van der Waals surface area (Å²) in [5.41, 5.74) is 1.28. The van der Waals surface area contributed by atoms with Gasteiger partial charge >= 0.3 is 0 Å². The van der Waals surface area contributed by atoms with Crippen molar-refractivity contribution in [2.24, 2.45) is 0 Å².